The molecular weight excluding hydrogens is 386 g/mol. The quantitative estimate of drug-likeness (QED) is 0.763. The van der Waals surface area contributed by atoms with Crippen molar-refractivity contribution in [2.45, 2.75) is 35.1 Å². The summed E-state index contributed by atoms with van der Waals surface area (Å²) in [6.07, 6.45) is 3.02. The third-order valence-electron chi connectivity index (χ3n) is 5.16. The second-order valence-corrected chi connectivity index (χ2v) is 10.3. The highest BCUT2D eigenvalue weighted by molar-refractivity contribution is 7.89. The van der Waals surface area contributed by atoms with Crippen LogP contribution in [0.4, 0.5) is 0 Å². The molecule has 10 heteroatoms. The van der Waals surface area contributed by atoms with Gasteiger partial charge in [0, 0.05) is 19.1 Å². The van der Waals surface area contributed by atoms with Gasteiger partial charge in [0.05, 0.1) is 9.79 Å². The van der Waals surface area contributed by atoms with Gasteiger partial charge in [-0.05, 0) is 56.0 Å². The Labute approximate surface area is 155 Å². The van der Waals surface area contributed by atoms with Gasteiger partial charge in [-0.15, -0.1) is 12.4 Å². The Bertz CT molecular complexity index is 812. The molecule has 0 aromatic heterocycles. The Balaban J connectivity index is 0.00000225. The van der Waals surface area contributed by atoms with Gasteiger partial charge in [-0.2, -0.15) is 4.31 Å². The maximum Gasteiger partial charge on any atom is 0.243 e. The smallest absolute Gasteiger partial charge is 0.243 e. The Kier molecular flexibility index (Phi) is 6.18. The van der Waals surface area contributed by atoms with Crippen LogP contribution in [0.25, 0.3) is 0 Å². The van der Waals surface area contributed by atoms with Crippen molar-refractivity contribution in [3.05, 3.63) is 24.3 Å². The Hall–Kier alpha value is -0.710. The number of halogens is 1. The van der Waals surface area contributed by atoms with E-state index in [1.165, 1.54) is 35.6 Å². The van der Waals surface area contributed by atoms with Gasteiger partial charge in [0.2, 0.25) is 20.0 Å². The summed E-state index contributed by atoms with van der Waals surface area (Å²) in [7, 11) is -5.89. The molecule has 7 nitrogen and oxygen atoms in total. The summed E-state index contributed by atoms with van der Waals surface area (Å²) in [4.78, 5) is 0.158. The molecule has 1 aliphatic carbocycles. The first kappa shape index (κ1) is 20.6. The number of fused-ring (bicyclic) bond motifs is 1. The van der Waals surface area contributed by atoms with E-state index in [0.717, 1.165) is 19.3 Å². The number of sulfonamides is 2. The standard InChI is InChI=1S/C15H23N3O4S2.ClH/c1-17-23(19,20)12-5-7-13(8-6-12)24(21,22)18-9-11-3-2-4-15(16)14(11)10-18;/h5-8,11,14-15,17H,2-4,9-10,16H2,1H3;1H. The molecule has 3 N–H and O–H groups in total. The lowest BCUT2D eigenvalue weighted by Crippen LogP contribution is -2.38. The molecule has 1 aromatic carbocycles. The first-order valence-corrected chi connectivity index (χ1v) is 11.0. The number of rotatable bonds is 4. The van der Waals surface area contributed by atoms with Crippen molar-refractivity contribution in [3.63, 3.8) is 0 Å². The predicted molar refractivity (Wildman–Crippen MR) is 97.5 cm³/mol. The van der Waals surface area contributed by atoms with Crippen LogP contribution in [0, 0.1) is 11.8 Å². The van der Waals surface area contributed by atoms with E-state index >= 15 is 0 Å². The third kappa shape index (κ3) is 3.86. The van der Waals surface area contributed by atoms with Crippen LogP contribution in [-0.2, 0) is 20.0 Å². The number of benzene rings is 1. The van der Waals surface area contributed by atoms with Crippen molar-refractivity contribution >= 4 is 32.5 Å². The highest BCUT2D eigenvalue weighted by Crippen LogP contribution is 2.37. The average molecular weight is 410 g/mol. The van der Waals surface area contributed by atoms with Crippen molar-refractivity contribution in [1.29, 1.82) is 0 Å². The van der Waals surface area contributed by atoms with Crippen molar-refractivity contribution in [2.75, 3.05) is 20.1 Å². The third-order valence-corrected chi connectivity index (χ3v) is 8.44. The molecule has 2 fully saturated rings. The average Bonchev–Trinajstić information content (AvgIpc) is 3.01. The van der Waals surface area contributed by atoms with Gasteiger partial charge >= 0.3 is 0 Å². The summed E-state index contributed by atoms with van der Waals surface area (Å²) in [6, 6.07) is 5.39. The van der Waals surface area contributed by atoms with E-state index in [0.29, 0.717) is 19.0 Å². The molecule has 2 aliphatic rings. The molecule has 1 aromatic rings. The van der Waals surface area contributed by atoms with Crippen LogP contribution >= 0.6 is 12.4 Å². The lowest BCUT2D eigenvalue weighted by molar-refractivity contribution is 0.260. The van der Waals surface area contributed by atoms with Gasteiger partial charge in [-0.1, -0.05) is 6.42 Å². The number of hydrogen-bond acceptors (Lipinski definition) is 5. The fourth-order valence-corrected chi connectivity index (χ4v) is 5.99. The lowest BCUT2D eigenvalue weighted by atomic mass is 9.78. The molecule has 0 amide bonds. The minimum Gasteiger partial charge on any atom is -0.327 e. The Morgan fingerprint density at radius 1 is 1.04 bits per heavy atom. The number of nitrogens with two attached hydrogens (primary N) is 1. The molecule has 3 unspecified atom stereocenters. The second kappa shape index (κ2) is 7.50. The summed E-state index contributed by atoms with van der Waals surface area (Å²) in [5, 5.41) is 0. The molecule has 1 saturated heterocycles. The van der Waals surface area contributed by atoms with E-state index in [1.807, 2.05) is 0 Å². The zero-order chi connectivity index (χ0) is 17.5. The second-order valence-electron chi connectivity index (χ2n) is 6.52. The number of nitrogens with zero attached hydrogens (tertiary/aromatic N) is 1. The van der Waals surface area contributed by atoms with Gasteiger partial charge in [0.1, 0.15) is 0 Å². The lowest BCUT2D eigenvalue weighted by Gasteiger charge is -2.29. The maximum atomic E-state index is 12.8. The van der Waals surface area contributed by atoms with E-state index in [9.17, 15) is 16.8 Å². The van der Waals surface area contributed by atoms with E-state index in [2.05, 4.69) is 4.72 Å². The molecule has 1 aliphatic heterocycles. The Morgan fingerprint density at radius 2 is 1.64 bits per heavy atom. The molecule has 142 valence electrons. The fourth-order valence-electron chi connectivity index (χ4n) is 3.73. The minimum atomic E-state index is -3.63. The maximum absolute atomic E-state index is 12.8. The SMILES string of the molecule is CNS(=O)(=O)c1ccc(S(=O)(=O)N2CC3CCCC(N)C3C2)cc1.Cl. The zero-order valence-electron chi connectivity index (χ0n) is 14.0. The van der Waals surface area contributed by atoms with Crippen LogP contribution in [0.15, 0.2) is 34.1 Å². The molecule has 3 rings (SSSR count). The first-order valence-electron chi connectivity index (χ1n) is 8.05. The molecular formula is C15H24ClN3O4S2. The molecule has 0 bridgehead atoms. The summed E-state index contributed by atoms with van der Waals surface area (Å²) >= 11 is 0. The van der Waals surface area contributed by atoms with Crippen molar-refractivity contribution in [1.82, 2.24) is 9.03 Å². The van der Waals surface area contributed by atoms with Crippen molar-refractivity contribution in [2.24, 2.45) is 17.6 Å². The molecule has 0 spiro atoms. The monoisotopic (exact) mass is 409 g/mol. The van der Waals surface area contributed by atoms with E-state index in [4.69, 9.17) is 5.73 Å². The van der Waals surface area contributed by atoms with E-state index in [-0.39, 0.29) is 34.2 Å². The van der Waals surface area contributed by atoms with Gasteiger partial charge in [-0.3, -0.25) is 0 Å². The summed E-state index contributed by atoms with van der Waals surface area (Å²) in [6.45, 7) is 0.946. The van der Waals surface area contributed by atoms with Crippen LogP contribution in [0.3, 0.4) is 0 Å². The van der Waals surface area contributed by atoms with Crippen molar-refractivity contribution < 1.29 is 16.8 Å². The summed E-state index contributed by atoms with van der Waals surface area (Å²) in [5.41, 5.74) is 6.15. The Morgan fingerprint density at radius 3 is 2.20 bits per heavy atom. The highest BCUT2D eigenvalue weighted by atomic mass is 35.5. The molecule has 3 atom stereocenters. The van der Waals surface area contributed by atoms with Crippen LogP contribution in [-0.4, -0.2) is 47.3 Å². The largest absolute Gasteiger partial charge is 0.327 e. The van der Waals surface area contributed by atoms with E-state index < -0.39 is 20.0 Å². The molecule has 25 heavy (non-hydrogen) atoms. The molecule has 1 saturated carbocycles. The minimum absolute atomic E-state index is 0. The van der Waals surface area contributed by atoms with Crippen LogP contribution < -0.4 is 10.5 Å². The van der Waals surface area contributed by atoms with Gasteiger partial charge in [0.25, 0.3) is 0 Å². The number of nitrogens with one attached hydrogen (secondary N) is 1. The van der Waals surface area contributed by atoms with Crippen LogP contribution in [0.5, 0.6) is 0 Å². The van der Waals surface area contributed by atoms with Crippen LogP contribution in [0.2, 0.25) is 0 Å². The highest BCUT2D eigenvalue weighted by Gasteiger charge is 2.43. The number of hydrogen-bond donors (Lipinski definition) is 2. The van der Waals surface area contributed by atoms with Gasteiger partial charge in [0.15, 0.2) is 0 Å². The van der Waals surface area contributed by atoms with Gasteiger partial charge in [-0.25, -0.2) is 21.6 Å². The summed E-state index contributed by atoms with van der Waals surface area (Å²) < 4.78 is 52.9. The summed E-state index contributed by atoms with van der Waals surface area (Å²) in [5.74, 6) is 0.546. The normalized spacial score (nSPS) is 27.5. The van der Waals surface area contributed by atoms with Crippen molar-refractivity contribution in [3.8, 4) is 0 Å². The first-order chi connectivity index (χ1) is 11.3. The molecule has 0 radical (unpaired) electrons. The predicted octanol–water partition coefficient (Wildman–Crippen LogP) is 0.764. The van der Waals surface area contributed by atoms with Gasteiger partial charge < -0.3 is 5.73 Å². The van der Waals surface area contributed by atoms with Crippen LogP contribution in [0.1, 0.15) is 19.3 Å². The molecule has 1 heterocycles. The topological polar surface area (TPSA) is 110 Å². The fraction of sp³-hybridized carbons (Fsp3) is 0.600. The van der Waals surface area contributed by atoms with E-state index in [1.54, 1.807) is 0 Å². The zero-order valence-corrected chi connectivity index (χ0v) is 16.4.